The van der Waals surface area contributed by atoms with Crippen molar-refractivity contribution < 1.29 is 24.5 Å². The van der Waals surface area contributed by atoms with Gasteiger partial charge in [0.25, 0.3) is 0 Å². The molecule has 0 radical (unpaired) electrons. The Morgan fingerprint density at radius 1 is 1.00 bits per heavy atom. The highest BCUT2D eigenvalue weighted by molar-refractivity contribution is 6.30. The van der Waals surface area contributed by atoms with Gasteiger partial charge in [0.05, 0.1) is 12.1 Å². The normalized spacial score (nSPS) is 22.5. The van der Waals surface area contributed by atoms with Gasteiger partial charge in [-0.25, -0.2) is 4.79 Å². The second-order valence-electron chi connectivity index (χ2n) is 9.89. The number of nitrogens with zero attached hydrogens (tertiary/aromatic N) is 2. The molecule has 0 aromatic heterocycles. The number of halogens is 1. The number of rotatable bonds is 1. The summed E-state index contributed by atoms with van der Waals surface area (Å²) in [5.74, 6) is -1.26. The van der Waals surface area contributed by atoms with E-state index in [4.69, 9.17) is 16.3 Å². The summed E-state index contributed by atoms with van der Waals surface area (Å²) in [6, 6.07) is 10.8. The Morgan fingerprint density at radius 2 is 1.78 bits per heavy atom. The van der Waals surface area contributed by atoms with Gasteiger partial charge in [0.2, 0.25) is 5.91 Å². The van der Waals surface area contributed by atoms with Gasteiger partial charge in [0.1, 0.15) is 12.4 Å². The van der Waals surface area contributed by atoms with E-state index < -0.39 is 23.9 Å². The van der Waals surface area contributed by atoms with Gasteiger partial charge in [-0.3, -0.25) is 4.79 Å². The maximum Gasteiger partial charge on any atom is 0.340 e. The van der Waals surface area contributed by atoms with Crippen LogP contribution in [-0.2, 0) is 28.2 Å². The second kappa shape index (κ2) is 12.0. The number of carboxylic acids is 1. The van der Waals surface area contributed by atoms with Crippen LogP contribution in [0.25, 0.3) is 0 Å². The van der Waals surface area contributed by atoms with Crippen molar-refractivity contribution in [1.82, 2.24) is 4.90 Å². The summed E-state index contributed by atoms with van der Waals surface area (Å²) < 4.78 is 6.30. The second-order valence-corrected chi connectivity index (χ2v) is 10.3. The van der Waals surface area contributed by atoms with Gasteiger partial charge in [0.15, 0.2) is 5.60 Å². The van der Waals surface area contributed by atoms with Crippen LogP contribution >= 0.6 is 11.6 Å². The van der Waals surface area contributed by atoms with Gasteiger partial charge < -0.3 is 24.7 Å². The zero-order valence-electron chi connectivity index (χ0n) is 21.3. The number of ether oxygens (including phenoxy) is 1. The highest BCUT2D eigenvalue weighted by Crippen LogP contribution is 2.37. The predicted octanol–water partition coefficient (Wildman–Crippen LogP) is 4.92. The van der Waals surface area contributed by atoms with Gasteiger partial charge in [-0.05, 0) is 79.5 Å². The molecule has 0 saturated heterocycles. The molecule has 2 bridgehead atoms. The van der Waals surface area contributed by atoms with Crippen LogP contribution in [0, 0.1) is 0 Å². The molecule has 2 aliphatic rings. The van der Waals surface area contributed by atoms with Crippen LogP contribution in [0.3, 0.4) is 0 Å². The van der Waals surface area contributed by atoms with Gasteiger partial charge in [-0.2, -0.15) is 0 Å². The van der Waals surface area contributed by atoms with E-state index in [2.05, 4.69) is 17.1 Å². The van der Waals surface area contributed by atoms with Crippen molar-refractivity contribution in [2.75, 3.05) is 31.6 Å². The van der Waals surface area contributed by atoms with Gasteiger partial charge in [0, 0.05) is 31.7 Å². The number of allylic oxidation sites excluding steroid dienone is 1. The lowest BCUT2D eigenvalue weighted by atomic mass is 9.89. The Bertz CT molecular complexity index is 1170. The van der Waals surface area contributed by atoms with E-state index in [9.17, 15) is 19.8 Å². The fourth-order valence-electron chi connectivity index (χ4n) is 4.92. The van der Waals surface area contributed by atoms with Crippen molar-refractivity contribution >= 4 is 29.2 Å². The molecular weight excluding hydrogens is 492 g/mol. The molecule has 0 spiro atoms. The molecule has 2 aliphatic heterocycles. The van der Waals surface area contributed by atoms with Crippen LogP contribution in [-0.4, -0.2) is 53.7 Å². The van der Waals surface area contributed by atoms with Crippen molar-refractivity contribution in [1.29, 1.82) is 0 Å². The summed E-state index contributed by atoms with van der Waals surface area (Å²) in [5.41, 5.74) is 0.782. The Kier molecular flexibility index (Phi) is 8.77. The first-order valence-corrected chi connectivity index (χ1v) is 13.3. The molecule has 2 aromatic rings. The fraction of sp³-hybridized carbons (Fsp3) is 0.448. The Hall–Kier alpha value is -3.03. The van der Waals surface area contributed by atoms with Crippen molar-refractivity contribution in [3.63, 3.8) is 0 Å². The molecule has 2 N–H and O–H groups in total. The van der Waals surface area contributed by atoms with Crippen molar-refractivity contribution in [3.8, 4) is 5.75 Å². The lowest BCUT2D eigenvalue weighted by Gasteiger charge is -2.30. The molecule has 1 atom stereocenters. The smallest absolute Gasteiger partial charge is 0.340 e. The Morgan fingerprint density at radius 3 is 2.59 bits per heavy atom. The summed E-state index contributed by atoms with van der Waals surface area (Å²) in [6.45, 7) is 2.32. The molecular formula is C29H35ClN2O5. The molecule has 2 heterocycles. The third kappa shape index (κ3) is 6.46. The highest BCUT2D eigenvalue weighted by Gasteiger charge is 2.42. The van der Waals surface area contributed by atoms with Gasteiger partial charge in [-0.1, -0.05) is 35.9 Å². The molecule has 8 heteroatoms. The van der Waals surface area contributed by atoms with E-state index in [1.165, 1.54) is 10.5 Å². The van der Waals surface area contributed by atoms with Crippen LogP contribution in [0.15, 0.2) is 48.6 Å². The third-order valence-electron chi connectivity index (χ3n) is 7.24. The number of carbonyl (C=O) groups excluding carboxylic acids is 1. The lowest BCUT2D eigenvalue weighted by Crippen LogP contribution is -2.42. The number of carboxylic acid groups (broad SMARTS) is 1. The number of anilines is 1. The molecule has 0 fully saturated rings. The van der Waals surface area contributed by atoms with Crippen LogP contribution in [0.2, 0.25) is 5.02 Å². The maximum atomic E-state index is 12.9. The number of carbonyl (C=O) groups is 2. The quantitative estimate of drug-likeness (QED) is 0.512. The van der Waals surface area contributed by atoms with E-state index in [1.54, 1.807) is 25.2 Å². The van der Waals surface area contributed by atoms with Crippen LogP contribution in [0.5, 0.6) is 5.75 Å². The standard InChI is InChI=1S/C29H35ClN2O5/c1-31-14-6-3-2-4-7-15-32-16-8-5-9-21-17-24(30)12-10-22(21)20-37-26-13-11-23(18-25(26)32)29(36,28(34)35)19-27(31)33/h2-3,10-13,17-18,36H,4-9,14-16,19-20H2,1H3,(H,34,35)/b3-2-/t29-/m0/s1. The zero-order valence-corrected chi connectivity index (χ0v) is 22.0. The van der Waals surface area contributed by atoms with E-state index in [-0.39, 0.29) is 5.56 Å². The molecule has 198 valence electrons. The average Bonchev–Trinajstić information content (AvgIpc) is 2.90. The predicted molar refractivity (Wildman–Crippen MR) is 144 cm³/mol. The largest absolute Gasteiger partial charge is 0.487 e. The first-order chi connectivity index (χ1) is 17.8. The fourth-order valence-corrected chi connectivity index (χ4v) is 5.12. The molecule has 4 rings (SSSR count). The number of amides is 1. The zero-order chi connectivity index (χ0) is 26.4. The molecule has 0 aliphatic carbocycles. The minimum Gasteiger partial charge on any atom is -0.487 e. The molecule has 1 amide bonds. The molecule has 2 aromatic carbocycles. The molecule has 7 nitrogen and oxygen atoms in total. The third-order valence-corrected chi connectivity index (χ3v) is 7.47. The van der Waals surface area contributed by atoms with Crippen LogP contribution in [0.4, 0.5) is 5.69 Å². The number of hydrogen-bond acceptors (Lipinski definition) is 5. The lowest BCUT2D eigenvalue weighted by molar-refractivity contribution is -0.164. The van der Waals surface area contributed by atoms with Crippen molar-refractivity contribution in [2.24, 2.45) is 0 Å². The highest BCUT2D eigenvalue weighted by atomic mass is 35.5. The first-order valence-electron chi connectivity index (χ1n) is 12.9. The number of aliphatic hydroxyl groups is 1. The van der Waals surface area contributed by atoms with E-state index in [1.807, 2.05) is 18.2 Å². The van der Waals surface area contributed by atoms with Crippen molar-refractivity contribution in [3.05, 3.63) is 70.3 Å². The number of aliphatic carboxylic acids is 1. The number of benzene rings is 2. The first kappa shape index (κ1) is 27.0. The molecule has 0 unspecified atom stereocenters. The molecule has 0 saturated carbocycles. The molecule has 37 heavy (non-hydrogen) atoms. The summed E-state index contributed by atoms with van der Waals surface area (Å²) in [6.07, 6.45) is 8.91. The minimum atomic E-state index is -2.35. The summed E-state index contributed by atoms with van der Waals surface area (Å²) in [7, 11) is 1.63. The maximum absolute atomic E-state index is 12.9. The topological polar surface area (TPSA) is 90.3 Å². The number of aryl methyl sites for hydroxylation is 1. The van der Waals surface area contributed by atoms with Crippen LogP contribution in [0.1, 0.15) is 55.2 Å². The monoisotopic (exact) mass is 526 g/mol. The number of hydrogen-bond donors (Lipinski definition) is 2. The summed E-state index contributed by atoms with van der Waals surface area (Å²) >= 11 is 6.26. The van der Waals surface area contributed by atoms with Gasteiger partial charge >= 0.3 is 5.97 Å². The van der Waals surface area contributed by atoms with E-state index in [0.29, 0.717) is 30.3 Å². The SMILES string of the molecule is CN1CC/C=C\CCCN2CCCCc3cc(Cl)ccc3COc3ccc(cc32)[C@](O)(C(=O)O)CC1=O. The van der Waals surface area contributed by atoms with E-state index in [0.717, 1.165) is 56.4 Å². The Labute approximate surface area is 223 Å². The van der Waals surface area contributed by atoms with Gasteiger partial charge in [-0.15, -0.1) is 0 Å². The minimum absolute atomic E-state index is 0.171. The Balaban J connectivity index is 1.77. The van der Waals surface area contributed by atoms with Crippen LogP contribution < -0.4 is 9.64 Å². The average molecular weight is 527 g/mol. The summed E-state index contributed by atoms with van der Waals surface area (Å²) in [4.78, 5) is 28.9. The van der Waals surface area contributed by atoms with Crippen molar-refractivity contribution in [2.45, 2.75) is 57.2 Å². The number of fused-ring (bicyclic) bond motifs is 2. The van der Waals surface area contributed by atoms with E-state index >= 15 is 0 Å². The summed E-state index contributed by atoms with van der Waals surface area (Å²) in [5, 5.41) is 22.1.